The van der Waals surface area contributed by atoms with Gasteiger partial charge in [-0.25, -0.2) is 4.79 Å². The molecule has 0 saturated carbocycles. The lowest BCUT2D eigenvalue weighted by atomic mass is 10.1. The second kappa shape index (κ2) is 13.4. The number of aryl methyl sites for hydroxylation is 1. The van der Waals surface area contributed by atoms with Crippen molar-refractivity contribution in [3.05, 3.63) is 88.3 Å². The molecule has 0 amide bonds. The number of carbonyl (C=O) groups excluding carboxylic acids is 1. The molecular weight excluding hydrogens is 608 g/mol. The SMILES string of the molecule is CN(Cc1ccc(Br)s1)Cc1c(Cl)cc(Cl)c(=O)n1CCc1ccc(C(=O)O)cc1.O=CC(F)(F)F. The van der Waals surface area contributed by atoms with E-state index in [-0.39, 0.29) is 16.1 Å². The first-order valence-electron chi connectivity index (χ1n) is 10.2. The molecule has 0 atom stereocenters. The van der Waals surface area contributed by atoms with Crippen LogP contribution in [0.25, 0.3) is 0 Å². The Balaban J connectivity index is 0.000000678. The maximum atomic E-state index is 12.7. The van der Waals surface area contributed by atoms with E-state index in [1.54, 1.807) is 40.2 Å². The van der Waals surface area contributed by atoms with Crippen molar-refractivity contribution in [1.82, 2.24) is 9.47 Å². The van der Waals surface area contributed by atoms with Crippen molar-refractivity contribution in [1.29, 1.82) is 0 Å². The quantitative estimate of drug-likeness (QED) is 0.297. The average Bonchev–Trinajstić information content (AvgIpc) is 3.21. The van der Waals surface area contributed by atoms with Crippen molar-refractivity contribution < 1.29 is 27.9 Å². The first kappa shape index (κ1) is 30.0. The molecule has 194 valence electrons. The average molecular weight is 628 g/mol. The van der Waals surface area contributed by atoms with Crippen LogP contribution in [0.1, 0.15) is 26.5 Å². The molecule has 3 aromatic rings. The topological polar surface area (TPSA) is 79.6 Å². The summed E-state index contributed by atoms with van der Waals surface area (Å²) in [5, 5.41) is 9.55. The van der Waals surface area contributed by atoms with Gasteiger partial charge in [-0.2, -0.15) is 13.2 Å². The van der Waals surface area contributed by atoms with Crippen LogP contribution in [0.2, 0.25) is 10.0 Å². The third-order valence-corrected chi connectivity index (χ3v) is 6.94. The van der Waals surface area contributed by atoms with Crippen LogP contribution in [0.5, 0.6) is 0 Å². The maximum Gasteiger partial charge on any atom is 0.446 e. The Kier molecular flexibility index (Phi) is 11.2. The van der Waals surface area contributed by atoms with Gasteiger partial charge in [0.05, 0.1) is 20.1 Å². The molecule has 0 aliphatic carbocycles. The first-order valence-corrected chi connectivity index (χ1v) is 12.5. The summed E-state index contributed by atoms with van der Waals surface area (Å²) < 4.78 is 33.9. The number of aromatic carboxylic acids is 1. The van der Waals surface area contributed by atoms with Crippen LogP contribution in [0.15, 0.2) is 51.0 Å². The summed E-state index contributed by atoms with van der Waals surface area (Å²) in [4.78, 5) is 35.7. The van der Waals surface area contributed by atoms with Gasteiger partial charge >= 0.3 is 12.1 Å². The Morgan fingerprint density at radius 2 is 1.75 bits per heavy atom. The molecule has 1 N–H and O–H groups in total. The van der Waals surface area contributed by atoms with Gasteiger partial charge in [0.1, 0.15) is 5.02 Å². The smallest absolute Gasteiger partial charge is 0.446 e. The molecule has 0 aliphatic heterocycles. The summed E-state index contributed by atoms with van der Waals surface area (Å²) in [6, 6.07) is 12.2. The summed E-state index contributed by atoms with van der Waals surface area (Å²) in [5.41, 5.74) is 1.56. The van der Waals surface area contributed by atoms with Crippen molar-refractivity contribution in [2.75, 3.05) is 7.05 Å². The number of aromatic nitrogens is 1. The van der Waals surface area contributed by atoms with Gasteiger partial charge in [0, 0.05) is 24.5 Å². The Bertz CT molecular complexity index is 1260. The number of aldehydes is 1. The molecule has 36 heavy (non-hydrogen) atoms. The van der Waals surface area contributed by atoms with E-state index in [0.717, 1.165) is 15.9 Å². The van der Waals surface area contributed by atoms with Gasteiger partial charge in [-0.1, -0.05) is 35.3 Å². The van der Waals surface area contributed by atoms with Crippen LogP contribution in [0, 0.1) is 0 Å². The number of hydrogen-bond donors (Lipinski definition) is 1. The Labute approximate surface area is 227 Å². The predicted molar refractivity (Wildman–Crippen MR) is 137 cm³/mol. The molecule has 2 heterocycles. The van der Waals surface area contributed by atoms with E-state index in [1.807, 2.05) is 13.1 Å². The van der Waals surface area contributed by atoms with Crippen molar-refractivity contribution >= 4 is 62.7 Å². The molecule has 13 heteroatoms. The fourth-order valence-corrected chi connectivity index (χ4v) is 5.20. The fraction of sp³-hybridized carbons (Fsp3) is 0.261. The van der Waals surface area contributed by atoms with Crippen LogP contribution in [-0.2, 0) is 30.8 Å². The highest BCUT2D eigenvalue weighted by atomic mass is 79.9. The number of halogens is 6. The molecule has 0 unspecified atom stereocenters. The zero-order chi connectivity index (χ0) is 27.0. The normalized spacial score (nSPS) is 11.2. The zero-order valence-electron chi connectivity index (χ0n) is 18.7. The second-order valence-corrected chi connectivity index (χ2v) is 10.9. The van der Waals surface area contributed by atoms with Crippen LogP contribution < -0.4 is 5.56 Å². The van der Waals surface area contributed by atoms with Crippen molar-refractivity contribution in [2.24, 2.45) is 0 Å². The molecule has 0 saturated heterocycles. The number of thiophene rings is 1. The molecule has 0 aliphatic rings. The van der Waals surface area contributed by atoms with Crippen LogP contribution in [0.4, 0.5) is 13.2 Å². The van der Waals surface area contributed by atoms with E-state index < -0.39 is 18.4 Å². The monoisotopic (exact) mass is 626 g/mol. The zero-order valence-corrected chi connectivity index (χ0v) is 22.6. The Morgan fingerprint density at radius 3 is 2.25 bits per heavy atom. The van der Waals surface area contributed by atoms with Gasteiger partial charge in [-0.05, 0) is 65.3 Å². The van der Waals surface area contributed by atoms with Crippen LogP contribution >= 0.6 is 50.5 Å². The third kappa shape index (κ3) is 9.36. The number of hydrogen-bond acceptors (Lipinski definition) is 5. The second-order valence-electron chi connectivity index (χ2n) is 7.53. The minimum atomic E-state index is -4.64. The number of benzene rings is 1. The van der Waals surface area contributed by atoms with E-state index >= 15 is 0 Å². The number of carbonyl (C=O) groups is 2. The highest BCUT2D eigenvalue weighted by Crippen LogP contribution is 2.25. The highest BCUT2D eigenvalue weighted by Gasteiger charge is 2.25. The van der Waals surface area contributed by atoms with Gasteiger partial charge < -0.3 is 9.67 Å². The lowest BCUT2D eigenvalue weighted by Crippen LogP contribution is -2.29. The Morgan fingerprint density at radius 1 is 1.14 bits per heavy atom. The number of carboxylic acid groups (broad SMARTS) is 1. The number of pyridine rings is 1. The third-order valence-electron chi connectivity index (χ3n) is 4.74. The summed E-state index contributed by atoms with van der Waals surface area (Å²) in [6.07, 6.45) is -5.15. The van der Waals surface area contributed by atoms with E-state index in [1.165, 1.54) is 10.9 Å². The lowest BCUT2D eigenvalue weighted by Gasteiger charge is -2.21. The van der Waals surface area contributed by atoms with E-state index in [4.69, 9.17) is 33.1 Å². The number of nitrogens with zero attached hydrogens (tertiary/aromatic N) is 2. The lowest BCUT2D eigenvalue weighted by molar-refractivity contribution is -0.156. The molecule has 1 aromatic carbocycles. The number of rotatable bonds is 8. The first-order chi connectivity index (χ1) is 16.8. The van der Waals surface area contributed by atoms with Gasteiger partial charge in [-0.15, -0.1) is 11.3 Å². The number of carboxylic acids is 1. The molecule has 0 bridgehead atoms. The van der Waals surface area contributed by atoms with Crippen molar-refractivity contribution in [3.8, 4) is 0 Å². The number of alkyl halides is 3. The molecule has 0 spiro atoms. The minimum Gasteiger partial charge on any atom is -0.478 e. The summed E-state index contributed by atoms with van der Waals surface area (Å²) in [7, 11) is 1.97. The van der Waals surface area contributed by atoms with E-state index in [9.17, 15) is 22.8 Å². The van der Waals surface area contributed by atoms with Crippen LogP contribution in [0.3, 0.4) is 0 Å². The maximum absolute atomic E-state index is 12.7. The highest BCUT2D eigenvalue weighted by molar-refractivity contribution is 9.11. The molecular formula is C23H20BrCl2F3N2O4S. The van der Waals surface area contributed by atoms with E-state index in [0.29, 0.717) is 30.2 Å². The summed E-state index contributed by atoms with van der Waals surface area (Å²) in [5.74, 6) is -0.970. The summed E-state index contributed by atoms with van der Waals surface area (Å²) >= 11 is 17.7. The van der Waals surface area contributed by atoms with E-state index in [2.05, 4.69) is 26.9 Å². The molecule has 0 fully saturated rings. The van der Waals surface area contributed by atoms with Gasteiger partial charge in [0.2, 0.25) is 6.29 Å². The van der Waals surface area contributed by atoms with Crippen molar-refractivity contribution in [3.63, 3.8) is 0 Å². The Hall–Kier alpha value is -2.18. The van der Waals surface area contributed by atoms with Gasteiger partial charge in [0.25, 0.3) is 5.56 Å². The van der Waals surface area contributed by atoms with Gasteiger partial charge in [0.15, 0.2) is 0 Å². The van der Waals surface area contributed by atoms with Crippen LogP contribution in [-0.4, -0.2) is 40.1 Å². The summed E-state index contributed by atoms with van der Waals surface area (Å²) in [6.45, 7) is 1.60. The van der Waals surface area contributed by atoms with Gasteiger partial charge in [-0.3, -0.25) is 14.5 Å². The molecule has 0 radical (unpaired) electrons. The predicted octanol–water partition coefficient (Wildman–Crippen LogP) is 6.30. The standard InChI is InChI=1S/C21H19BrCl2N2O3S.C2HF3O/c1-25(11-15-6-7-19(22)30-15)12-18-16(23)10-17(24)20(27)26(18)9-8-13-2-4-14(5-3-13)21(28)29;3-2(4,5)1-6/h2-7,10H,8-9,11-12H2,1H3,(H,28,29);1H. The molecule has 3 rings (SSSR count). The van der Waals surface area contributed by atoms with Crippen molar-refractivity contribution in [2.45, 2.75) is 32.2 Å². The molecule has 6 nitrogen and oxygen atoms in total. The largest absolute Gasteiger partial charge is 0.478 e. The molecule has 2 aromatic heterocycles. The minimum absolute atomic E-state index is 0.0785. The fourth-order valence-electron chi connectivity index (χ4n) is 3.10.